The Bertz CT molecular complexity index is 1190. The van der Waals surface area contributed by atoms with Gasteiger partial charge in [-0.25, -0.2) is 4.79 Å². The van der Waals surface area contributed by atoms with E-state index < -0.39 is 18.0 Å². The number of hydroxylamine groups is 1. The molecule has 0 amide bonds. The first-order valence-electron chi connectivity index (χ1n) is 17.8. The molecule has 10 heteroatoms. The predicted octanol–water partition coefficient (Wildman–Crippen LogP) is 7.07. The summed E-state index contributed by atoms with van der Waals surface area (Å²) in [7, 11) is 0. The Morgan fingerprint density at radius 1 is 0.936 bits per heavy atom. The Kier molecular flexibility index (Phi) is 16.9. The molecular formula is C37H64N4O6. The topological polar surface area (TPSA) is 158 Å². The number of carboxylic acid groups (broad SMARTS) is 1. The smallest absolute Gasteiger partial charge is 0.369 e. The summed E-state index contributed by atoms with van der Waals surface area (Å²) in [4.78, 5) is 32.1. The Morgan fingerprint density at radius 2 is 1.55 bits per heavy atom. The van der Waals surface area contributed by atoms with E-state index in [9.17, 15) is 9.59 Å². The van der Waals surface area contributed by atoms with E-state index in [1.54, 1.807) is 0 Å². The second kappa shape index (κ2) is 19.7. The highest BCUT2D eigenvalue weighted by Crippen LogP contribution is 2.45. The highest BCUT2D eigenvalue weighted by Gasteiger charge is 2.34. The molecular weight excluding hydrogens is 596 g/mol. The van der Waals surface area contributed by atoms with Crippen LogP contribution in [0.2, 0.25) is 0 Å². The first-order valence-corrected chi connectivity index (χ1v) is 17.8. The maximum Gasteiger partial charge on any atom is 0.369 e. The van der Waals surface area contributed by atoms with Crippen LogP contribution in [0, 0.1) is 38.5 Å². The summed E-state index contributed by atoms with van der Waals surface area (Å²) in [5.74, 6) is 2.21. The number of rotatable bonds is 20. The maximum atomic E-state index is 12.4. The van der Waals surface area contributed by atoms with Gasteiger partial charge < -0.3 is 30.9 Å². The average Bonchev–Trinajstić information content (AvgIpc) is 3.00. The van der Waals surface area contributed by atoms with Crippen LogP contribution >= 0.6 is 0 Å². The summed E-state index contributed by atoms with van der Waals surface area (Å²) in [6.45, 7) is 17.7. The number of carbonyl (C=O) groups is 2. The van der Waals surface area contributed by atoms with Gasteiger partial charge in [0.05, 0.1) is 0 Å². The standard InChI is InChI=1S/C37H64N4O6/c1-24(2)13-9-14-25(3)15-10-16-26(4)17-11-20-37(8)21-19-30-29(7)33(27(5)28(6)34(30)46-37)45-23-32(42)47-41-36(39)40-22-12-18-31(38)35(43)44/h24-26,31H,9-23,38H2,1-8H3,(H,43,44)(H3,39,40,41)/t25-,26-,31+,37-/m1/s1. The van der Waals surface area contributed by atoms with E-state index in [1.807, 2.05) is 13.8 Å². The third-order valence-corrected chi connectivity index (χ3v) is 9.71. The van der Waals surface area contributed by atoms with Crippen LogP contribution in [0.5, 0.6) is 11.5 Å². The van der Waals surface area contributed by atoms with Crippen molar-refractivity contribution in [2.24, 2.45) is 34.2 Å². The number of nitrogens with one attached hydrogen (secondary N) is 1. The first-order chi connectivity index (χ1) is 22.1. The molecule has 0 spiro atoms. The fraction of sp³-hybridized carbons (Fsp3) is 0.757. The Balaban J connectivity index is 1.82. The molecule has 0 unspecified atom stereocenters. The van der Waals surface area contributed by atoms with E-state index in [1.165, 1.54) is 51.4 Å². The molecule has 0 saturated heterocycles. The molecule has 0 fully saturated rings. The van der Waals surface area contributed by atoms with Crippen molar-refractivity contribution in [3.8, 4) is 11.5 Å². The Labute approximate surface area is 283 Å². The fourth-order valence-corrected chi connectivity index (χ4v) is 6.41. The van der Waals surface area contributed by atoms with Crippen LogP contribution in [0.1, 0.15) is 134 Å². The lowest BCUT2D eigenvalue weighted by molar-refractivity contribution is -0.150. The number of hydrogen-bond acceptors (Lipinski definition) is 7. The van der Waals surface area contributed by atoms with Gasteiger partial charge >= 0.3 is 11.9 Å². The summed E-state index contributed by atoms with van der Waals surface area (Å²) in [5.41, 5.74) is 17.4. The summed E-state index contributed by atoms with van der Waals surface area (Å²) in [6.07, 6.45) is 14.0. The lowest BCUT2D eigenvalue weighted by atomic mass is 9.83. The van der Waals surface area contributed by atoms with Gasteiger partial charge in [0.25, 0.3) is 0 Å². The Hall–Kier alpha value is -3.01. The van der Waals surface area contributed by atoms with E-state index in [0.717, 1.165) is 65.0 Å². The molecule has 1 aliphatic rings. The zero-order valence-corrected chi connectivity index (χ0v) is 30.5. The molecule has 2 rings (SSSR count). The highest BCUT2D eigenvalue weighted by molar-refractivity contribution is 5.79. The lowest BCUT2D eigenvalue weighted by Gasteiger charge is -2.38. The maximum absolute atomic E-state index is 12.4. The number of benzene rings is 1. The molecule has 1 heterocycles. The van der Waals surface area contributed by atoms with Gasteiger partial charge in [-0.05, 0) is 101 Å². The van der Waals surface area contributed by atoms with Crippen molar-refractivity contribution in [1.29, 1.82) is 0 Å². The van der Waals surface area contributed by atoms with E-state index in [-0.39, 0.29) is 31.1 Å². The van der Waals surface area contributed by atoms with E-state index >= 15 is 0 Å². The van der Waals surface area contributed by atoms with Crippen molar-refractivity contribution >= 4 is 17.9 Å². The zero-order valence-electron chi connectivity index (χ0n) is 30.5. The summed E-state index contributed by atoms with van der Waals surface area (Å²) >= 11 is 0. The average molecular weight is 661 g/mol. The van der Waals surface area contributed by atoms with Crippen LogP contribution in [0.25, 0.3) is 0 Å². The van der Waals surface area contributed by atoms with E-state index in [2.05, 4.69) is 52.0 Å². The number of aliphatic imine (C=N–C) groups is 1. The van der Waals surface area contributed by atoms with E-state index in [4.69, 9.17) is 30.9 Å². The molecule has 47 heavy (non-hydrogen) atoms. The number of aliphatic carboxylic acids is 1. The zero-order chi connectivity index (χ0) is 35.1. The molecule has 0 bridgehead atoms. The number of ether oxygens (including phenoxy) is 2. The van der Waals surface area contributed by atoms with E-state index in [0.29, 0.717) is 12.2 Å². The molecule has 10 nitrogen and oxygen atoms in total. The minimum Gasteiger partial charge on any atom is -0.487 e. The molecule has 268 valence electrons. The quantitative estimate of drug-likeness (QED) is 0.0497. The van der Waals surface area contributed by atoms with Crippen LogP contribution in [0.15, 0.2) is 4.99 Å². The second-order valence-electron chi connectivity index (χ2n) is 14.6. The van der Waals surface area contributed by atoms with Gasteiger partial charge in [-0.15, -0.1) is 0 Å². The van der Waals surface area contributed by atoms with Crippen molar-refractivity contribution in [3.05, 3.63) is 22.3 Å². The van der Waals surface area contributed by atoms with Crippen molar-refractivity contribution < 1.29 is 29.0 Å². The monoisotopic (exact) mass is 660 g/mol. The van der Waals surface area contributed by atoms with Gasteiger partial charge in [0.15, 0.2) is 6.61 Å². The van der Waals surface area contributed by atoms with Gasteiger partial charge in [-0.3, -0.25) is 9.79 Å². The third kappa shape index (κ3) is 13.9. The molecule has 1 aromatic carbocycles. The summed E-state index contributed by atoms with van der Waals surface area (Å²) in [6, 6.07) is -0.943. The Morgan fingerprint density at radius 3 is 2.17 bits per heavy atom. The SMILES string of the molecule is Cc1c(C)c2c(c(C)c1OCC(=O)ONC(N)=NCCC[C@H](N)C(=O)O)CC[C@@](C)(CCC[C@H](C)CCC[C@H](C)CCCC(C)C)O2. The molecule has 4 atom stereocenters. The van der Waals surface area contributed by atoms with Crippen molar-refractivity contribution in [2.45, 2.75) is 151 Å². The minimum absolute atomic E-state index is 0.0913. The number of nitrogens with zero attached hydrogens (tertiary/aromatic N) is 1. The van der Waals surface area contributed by atoms with Crippen molar-refractivity contribution in [1.82, 2.24) is 5.48 Å². The van der Waals surface area contributed by atoms with Gasteiger partial charge in [0, 0.05) is 12.1 Å². The van der Waals surface area contributed by atoms with Crippen LogP contribution in [0.4, 0.5) is 0 Å². The number of nitrogens with two attached hydrogens (primary N) is 2. The number of carboxylic acids is 1. The minimum atomic E-state index is -1.06. The highest BCUT2D eigenvalue weighted by atomic mass is 16.7. The molecule has 1 aromatic rings. The number of hydrogen-bond donors (Lipinski definition) is 4. The normalized spacial score (nSPS) is 18.2. The predicted molar refractivity (Wildman–Crippen MR) is 189 cm³/mol. The largest absolute Gasteiger partial charge is 0.487 e. The van der Waals surface area contributed by atoms with Gasteiger partial charge in [-0.1, -0.05) is 72.6 Å². The summed E-state index contributed by atoms with van der Waals surface area (Å²) in [5, 5.41) is 8.82. The molecule has 0 aromatic heterocycles. The first kappa shape index (κ1) is 40.2. The molecule has 0 aliphatic carbocycles. The lowest BCUT2D eigenvalue weighted by Crippen LogP contribution is -2.37. The number of fused-ring (bicyclic) bond motifs is 1. The molecule has 1 aliphatic heterocycles. The second-order valence-corrected chi connectivity index (χ2v) is 14.6. The van der Waals surface area contributed by atoms with Crippen LogP contribution < -0.4 is 26.4 Å². The van der Waals surface area contributed by atoms with Crippen molar-refractivity contribution in [3.63, 3.8) is 0 Å². The van der Waals surface area contributed by atoms with Gasteiger partial charge in [-0.2, -0.15) is 5.48 Å². The molecule has 0 saturated carbocycles. The van der Waals surface area contributed by atoms with Crippen LogP contribution in [0.3, 0.4) is 0 Å². The number of guanidine groups is 1. The van der Waals surface area contributed by atoms with Gasteiger partial charge in [0.1, 0.15) is 23.1 Å². The fourth-order valence-electron chi connectivity index (χ4n) is 6.41. The summed E-state index contributed by atoms with van der Waals surface area (Å²) < 4.78 is 12.7. The van der Waals surface area contributed by atoms with Crippen LogP contribution in [-0.4, -0.2) is 47.8 Å². The molecule has 6 N–H and O–H groups in total. The van der Waals surface area contributed by atoms with Crippen molar-refractivity contribution in [2.75, 3.05) is 13.2 Å². The number of carbonyl (C=O) groups excluding carboxylic acids is 1. The third-order valence-electron chi connectivity index (χ3n) is 9.71. The van der Waals surface area contributed by atoms with Crippen LogP contribution in [-0.2, 0) is 20.8 Å². The molecule has 0 radical (unpaired) electrons. The van der Waals surface area contributed by atoms with Gasteiger partial charge in [0.2, 0.25) is 5.96 Å².